The molecule has 2 aromatic carbocycles. The lowest BCUT2D eigenvalue weighted by atomic mass is 10.1. The van der Waals surface area contributed by atoms with Crippen molar-refractivity contribution in [1.82, 2.24) is 15.0 Å². The van der Waals surface area contributed by atoms with Crippen molar-refractivity contribution in [2.75, 3.05) is 22.5 Å². The van der Waals surface area contributed by atoms with Crippen molar-refractivity contribution in [1.29, 1.82) is 0 Å². The van der Waals surface area contributed by atoms with Crippen molar-refractivity contribution in [3.8, 4) is 11.3 Å². The number of urea groups is 1. The van der Waals surface area contributed by atoms with E-state index in [2.05, 4.69) is 30.9 Å². The fourth-order valence-corrected chi connectivity index (χ4v) is 3.94. The van der Waals surface area contributed by atoms with E-state index in [0.717, 1.165) is 17.5 Å². The van der Waals surface area contributed by atoms with Crippen LogP contribution in [0.4, 0.5) is 22.0 Å². The second-order valence-corrected chi connectivity index (χ2v) is 8.09. The number of hydrogen-bond acceptors (Lipinski definition) is 6. The Balaban J connectivity index is 1.20. The van der Waals surface area contributed by atoms with E-state index in [9.17, 15) is 4.79 Å². The highest BCUT2D eigenvalue weighted by Crippen LogP contribution is 2.39. The smallest absolute Gasteiger partial charge is 0.323 e. The Morgan fingerprint density at radius 3 is 2.49 bits per heavy atom. The monoisotopic (exact) mass is 484 g/mol. The number of fused-ring (bicyclic) bond motifs is 1. The van der Waals surface area contributed by atoms with Gasteiger partial charge in [-0.05, 0) is 36.2 Å². The van der Waals surface area contributed by atoms with Gasteiger partial charge < -0.3 is 20.4 Å². The first kappa shape index (κ1) is 22.4. The number of carbonyl (C=O) groups excluding carboxylic acids is 1. The molecule has 5 rings (SSSR count). The summed E-state index contributed by atoms with van der Waals surface area (Å²) in [5, 5.41) is 10.0. The highest BCUT2D eigenvalue weighted by molar-refractivity contribution is 6.38. The van der Waals surface area contributed by atoms with E-state index in [0.29, 0.717) is 45.6 Å². The molecule has 9 heteroatoms. The molecule has 3 heterocycles. The van der Waals surface area contributed by atoms with Gasteiger partial charge in [-0.3, -0.25) is 4.98 Å². The van der Waals surface area contributed by atoms with Gasteiger partial charge in [-0.2, -0.15) is 0 Å². The Morgan fingerprint density at radius 1 is 0.914 bits per heavy atom. The topological polar surface area (TPSA) is 105 Å². The van der Waals surface area contributed by atoms with Crippen LogP contribution in [0.2, 0.25) is 5.02 Å². The molecule has 0 aliphatic carbocycles. The number of carbonyl (C=O) groups is 1. The zero-order valence-electron chi connectivity index (χ0n) is 18.5. The van der Waals surface area contributed by atoms with Crippen LogP contribution in [0.15, 0.2) is 89.9 Å². The molecule has 0 radical (unpaired) electrons. The number of pyridine rings is 1. The summed E-state index contributed by atoms with van der Waals surface area (Å²) < 4.78 is 5.91. The molecule has 3 N–H and O–H groups in total. The average molecular weight is 485 g/mol. The van der Waals surface area contributed by atoms with Gasteiger partial charge in [0.15, 0.2) is 5.76 Å². The second-order valence-electron chi connectivity index (χ2n) is 7.71. The van der Waals surface area contributed by atoms with Gasteiger partial charge in [0.1, 0.15) is 22.6 Å². The predicted octanol–water partition coefficient (Wildman–Crippen LogP) is 6.24. The zero-order chi connectivity index (χ0) is 24.0. The molecule has 0 saturated carbocycles. The lowest BCUT2D eigenvalue weighted by Gasteiger charge is -2.09. The lowest BCUT2D eigenvalue weighted by molar-refractivity contribution is 0.262. The van der Waals surface area contributed by atoms with E-state index in [1.807, 2.05) is 54.6 Å². The molecule has 3 aromatic heterocycles. The zero-order valence-corrected chi connectivity index (χ0v) is 19.3. The summed E-state index contributed by atoms with van der Waals surface area (Å²) in [5.41, 5.74) is 3.74. The van der Waals surface area contributed by atoms with Crippen molar-refractivity contribution >= 4 is 45.9 Å². The van der Waals surface area contributed by atoms with Crippen LogP contribution in [-0.4, -0.2) is 27.5 Å². The summed E-state index contributed by atoms with van der Waals surface area (Å²) in [4.78, 5) is 24.7. The van der Waals surface area contributed by atoms with Gasteiger partial charge in [0.25, 0.3) is 0 Å². The predicted molar refractivity (Wildman–Crippen MR) is 138 cm³/mol. The normalized spacial score (nSPS) is 10.8. The van der Waals surface area contributed by atoms with Gasteiger partial charge in [-0.15, -0.1) is 0 Å². The fourth-order valence-electron chi connectivity index (χ4n) is 3.62. The first-order valence-electron chi connectivity index (χ1n) is 11.0. The number of nitrogens with one attached hydrogen (secondary N) is 3. The summed E-state index contributed by atoms with van der Waals surface area (Å²) in [6.07, 6.45) is 5.43. The minimum atomic E-state index is -0.327. The molecule has 0 aliphatic heterocycles. The molecule has 0 bridgehead atoms. The van der Waals surface area contributed by atoms with Crippen molar-refractivity contribution in [2.45, 2.75) is 6.42 Å². The number of anilines is 3. The summed E-state index contributed by atoms with van der Waals surface area (Å²) in [7, 11) is 0. The number of rotatable bonds is 7. The molecule has 2 amide bonds. The first-order valence-corrected chi connectivity index (χ1v) is 11.3. The molecule has 0 spiro atoms. The Hall–Kier alpha value is -4.43. The highest BCUT2D eigenvalue weighted by atomic mass is 35.5. The van der Waals surface area contributed by atoms with Gasteiger partial charge >= 0.3 is 6.03 Å². The molecule has 0 unspecified atom stereocenters. The number of aromatic nitrogens is 3. The quantitative estimate of drug-likeness (QED) is 0.252. The summed E-state index contributed by atoms with van der Waals surface area (Å²) in [6.45, 7) is 0.628. The standard InChI is InChI=1S/C26H21ClN6O2/c27-22-21-24(30-16-31-25(21)35-23(22)18-5-2-1-3-6-18)29-14-12-17-8-10-19(11-9-17)32-26(34)33-20-7-4-13-28-15-20/h1-11,13,15-16H,12,14H2,(H,29,30,31)(H2,32,33,34). The first-order chi connectivity index (χ1) is 17.2. The second kappa shape index (κ2) is 10.2. The number of benzene rings is 2. The number of furan rings is 1. The van der Waals surface area contributed by atoms with E-state index >= 15 is 0 Å². The van der Waals surface area contributed by atoms with Crippen LogP contribution in [0.1, 0.15) is 5.56 Å². The molecule has 0 atom stereocenters. The summed E-state index contributed by atoms with van der Waals surface area (Å²) in [5.74, 6) is 1.19. The van der Waals surface area contributed by atoms with E-state index in [-0.39, 0.29) is 6.03 Å². The Labute approximate surface area is 206 Å². The van der Waals surface area contributed by atoms with Gasteiger partial charge in [0.2, 0.25) is 5.71 Å². The van der Waals surface area contributed by atoms with Crippen LogP contribution >= 0.6 is 11.6 Å². The maximum absolute atomic E-state index is 12.1. The maximum atomic E-state index is 12.1. The molecule has 5 aromatic rings. The van der Waals surface area contributed by atoms with Crippen LogP contribution < -0.4 is 16.0 Å². The largest absolute Gasteiger partial charge is 0.436 e. The molecule has 0 saturated heterocycles. The average Bonchev–Trinajstić information content (AvgIpc) is 3.23. The Bertz CT molecular complexity index is 1440. The van der Waals surface area contributed by atoms with Crippen LogP contribution in [0.5, 0.6) is 0 Å². The minimum Gasteiger partial charge on any atom is -0.436 e. The number of nitrogens with zero attached hydrogens (tertiary/aromatic N) is 3. The van der Waals surface area contributed by atoms with E-state index in [1.165, 1.54) is 6.33 Å². The molecule has 174 valence electrons. The van der Waals surface area contributed by atoms with Gasteiger partial charge in [0, 0.05) is 24.0 Å². The van der Waals surface area contributed by atoms with Crippen LogP contribution in [0, 0.1) is 0 Å². The Kier molecular flexibility index (Phi) is 6.54. The summed E-state index contributed by atoms with van der Waals surface area (Å²) >= 11 is 6.65. The van der Waals surface area contributed by atoms with E-state index < -0.39 is 0 Å². The van der Waals surface area contributed by atoms with Crippen molar-refractivity contribution < 1.29 is 9.21 Å². The SMILES string of the molecule is O=C(Nc1ccc(CCNc2ncnc3oc(-c4ccccc4)c(Cl)c23)cc1)Nc1cccnc1. The van der Waals surface area contributed by atoms with Crippen LogP contribution in [0.3, 0.4) is 0 Å². The summed E-state index contributed by atoms with van der Waals surface area (Å²) in [6, 6.07) is 20.5. The Morgan fingerprint density at radius 2 is 1.71 bits per heavy atom. The highest BCUT2D eigenvalue weighted by Gasteiger charge is 2.19. The third-order valence-electron chi connectivity index (χ3n) is 5.30. The molecular weight excluding hydrogens is 464 g/mol. The molecule has 35 heavy (non-hydrogen) atoms. The van der Waals surface area contributed by atoms with Crippen LogP contribution in [0.25, 0.3) is 22.4 Å². The third kappa shape index (κ3) is 5.23. The van der Waals surface area contributed by atoms with E-state index in [1.54, 1.807) is 24.5 Å². The number of amides is 2. The maximum Gasteiger partial charge on any atom is 0.323 e. The fraction of sp³-hybridized carbons (Fsp3) is 0.0769. The van der Waals surface area contributed by atoms with Crippen LogP contribution in [-0.2, 0) is 6.42 Å². The minimum absolute atomic E-state index is 0.327. The van der Waals surface area contributed by atoms with Crippen molar-refractivity contribution in [3.05, 3.63) is 96.0 Å². The van der Waals surface area contributed by atoms with Crippen molar-refractivity contribution in [2.24, 2.45) is 0 Å². The van der Waals surface area contributed by atoms with Crippen molar-refractivity contribution in [3.63, 3.8) is 0 Å². The van der Waals surface area contributed by atoms with Gasteiger partial charge in [0.05, 0.1) is 11.9 Å². The molecular formula is C26H21ClN6O2. The lowest BCUT2D eigenvalue weighted by Crippen LogP contribution is -2.19. The van der Waals surface area contributed by atoms with Gasteiger partial charge in [-0.25, -0.2) is 14.8 Å². The molecule has 0 fully saturated rings. The van der Waals surface area contributed by atoms with Gasteiger partial charge in [-0.1, -0.05) is 54.1 Å². The number of hydrogen-bond donors (Lipinski definition) is 3. The third-order valence-corrected chi connectivity index (χ3v) is 5.66. The molecule has 0 aliphatic rings. The molecule has 8 nitrogen and oxygen atoms in total. The number of halogens is 1. The van der Waals surface area contributed by atoms with E-state index in [4.69, 9.17) is 16.0 Å².